The zero-order valence-electron chi connectivity index (χ0n) is 12.7. The average molecular weight is 260 g/mol. The van der Waals surface area contributed by atoms with Gasteiger partial charge in [-0.15, -0.1) is 0 Å². The Balaban J connectivity index is 2.09. The molecule has 2 nitrogen and oxygen atoms in total. The largest absolute Gasteiger partial charge is 0.371 e. The Bertz CT molecular complexity index is 389. The van der Waals surface area contributed by atoms with E-state index in [1.807, 2.05) is 0 Å². The first-order valence-electron chi connectivity index (χ1n) is 7.82. The number of nitrogens with zero attached hydrogens (tertiary/aromatic N) is 1. The number of rotatable bonds is 3. The van der Waals surface area contributed by atoms with Crippen LogP contribution in [0, 0.1) is 0 Å². The van der Waals surface area contributed by atoms with Gasteiger partial charge in [0.25, 0.3) is 0 Å². The summed E-state index contributed by atoms with van der Waals surface area (Å²) in [6.07, 6.45) is 4.83. The van der Waals surface area contributed by atoms with Gasteiger partial charge >= 0.3 is 0 Å². The molecule has 1 saturated heterocycles. The van der Waals surface area contributed by atoms with E-state index in [0.717, 1.165) is 13.0 Å². The molecule has 2 heteroatoms. The van der Waals surface area contributed by atoms with Crippen molar-refractivity contribution in [1.82, 2.24) is 5.32 Å². The fraction of sp³-hybridized carbons (Fsp3) is 0.647. The van der Waals surface area contributed by atoms with E-state index in [9.17, 15) is 0 Å². The molecule has 19 heavy (non-hydrogen) atoms. The lowest BCUT2D eigenvalue weighted by atomic mass is 10.0. The molecule has 106 valence electrons. The normalized spacial score (nSPS) is 24.9. The van der Waals surface area contributed by atoms with Gasteiger partial charge in [-0.3, -0.25) is 0 Å². The van der Waals surface area contributed by atoms with Gasteiger partial charge in [0.1, 0.15) is 0 Å². The van der Waals surface area contributed by atoms with E-state index >= 15 is 0 Å². The molecular weight excluding hydrogens is 232 g/mol. The van der Waals surface area contributed by atoms with Crippen LogP contribution in [0.25, 0.3) is 0 Å². The van der Waals surface area contributed by atoms with Crippen LogP contribution in [0.2, 0.25) is 0 Å². The molecule has 0 saturated carbocycles. The van der Waals surface area contributed by atoms with Crippen molar-refractivity contribution in [2.24, 2.45) is 0 Å². The summed E-state index contributed by atoms with van der Waals surface area (Å²) in [5, 5.41) is 3.74. The molecule has 1 heterocycles. The van der Waals surface area contributed by atoms with E-state index in [2.05, 4.69) is 55.3 Å². The van der Waals surface area contributed by atoms with E-state index in [-0.39, 0.29) is 0 Å². The minimum absolute atomic E-state index is 0.627. The molecule has 2 atom stereocenters. The monoisotopic (exact) mass is 260 g/mol. The number of hydrogen-bond acceptors (Lipinski definition) is 2. The summed E-state index contributed by atoms with van der Waals surface area (Å²) in [5.41, 5.74) is 2.85. The molecule has 1 aromatic rings. The van der Waals surface area contributed by atoms with Gasteiger partial charge in [0, 0.05) is 30.9 Å². The quantitative estimate of drug-likeness (QED) is 0.893. The lowest BCUT2D eigenvalue weighted by Gasteiger charge is -2.33. The van der Waals surface area contributed by atoms with Crippen LogP contribution in [-0.2, 0) is 6.42 Å². The Morgan fingerprint density at radius 3 is 2.74 bits per heavy atom. The lowest BCUT2D eigenvalue weighted by Crippen LogP contribution is -2.44. The van der Waals surface area contributed by atoms with Gasteiger partial charge in [0.05, 0.1) is 0 Å². The number of nitrogens with one attached hydrogen (secondary N) is 1. The van der Waals surface area contributed by atoms with Gasteiger partial charge < -0.3 is 10.2 Å². The van der Waals surface area contributed by atoms with Crippen molar-refractivity contribution >= 4 is 5.69 Å². The van der Waals surface area contributed by atoms with Crippen LogP contribution in [0.4, 0.5) is 5.69 Å². The molecule has 0 bridgehead atoms. The fourth-order valence-corrected chi connectivity index (χ4v) is 2.90. The third kappa shape index (κ3) is 3.97. The first-order valence-corrected chi connectivity index (χ1v) is 7.82. The Kier molecular flexibility index (Phi) is 5.26. The first-order chi connectivity index (χ1) is 9.22. The zero-order valence-corrected chi connectivity index (χ0v) is 12.7. The van der Waals surface area contributed by atoms with Crippen molar-refractivity contribution in [1.29, 1.82) is 0 Å². The highest BCUT2D eigenvalue weighted by Crippen LogP contribution is 2.20. The topological polar surface area (TPSA) is 15.3 Å². The molecule has 1 aliphatic rings. The molecule has 0 radical (unpaired) electrons. The summed E-state index contributed by atoms with van der Waals surface area (Å²) < 4.78 is 0. The molecule has 1 N–H and O–H groups in total. The van der Waals surface area contributed by atoms with Crippen LogP contribution in [0.5, 0.6) is 0 Å². The maximum Gasteiger partial charge on any atom is 0.0368 e. The number of anilines is 1. The van der Waals surface area contributed by atoms with Crippen LogP contribution in [0.3, 0.4) is 0 Å². The average Bonchev–Trinajstić information content (AvgIpc) is 2.43. The highest BCUT2D eigenvalue weighted by Gasteiger charge is 2.17. The van der Waals surface area contributed by atoms with Crippen molar-refractivity contribution in [2.45, 2.75) is 58.5 Å². The summed E-state index contributed by atoms with van der Waals surface area (Å²) in [6, 6.07) is 10.4. The smallest absolute Gasteiger partial charge is 0.0368 e. The van der Waals surface area contributed by atoms with E-state index in [1.54, 1.807) is 0 Å². The zero-order chi connectivity index (χ0) is 13.7. The molecular formula is C17H28N2. The number of benzene rings is 1. The highest BCUT2D eigenvalue weighted by atomic mass is 15.1. The Morgan fingerprint density at radius 1 is 1.21 bits per heavy atom. The molecule has 1 aliphatic heterocycles. The van der Waals surface area contributed by atoms with Gasteiger partial charge in [-0.05, 0) is 50.3 Å². The third-order valence-corrected chi connectivity index (χ3v) is 4.28. The third-order valence-electron chi connectivity index (χ3n) is 4.28. The molecule has 0 aromatic heterocycles. The van der Waals surface area contributed by atoms with Gasteiger partial charge in [-0.2, -0.15) is 0 Å². The Labute approximate surface area is 118 Å². The van der Waals surface area contributed by atoms with Crippen LogP contribution >= 0.6 is 0 Å². The van der Waals surface area contributed by atoms with Crippen molar-refractivity contribution in [3.63, 3.8) is 0 Å². The lowest BCUT2D eigenvalue weighted by molar-refractivity contribution is 0.378. The Hall–Kier alpha value is -1.02. The van der Waals surface area contributed by atoms with Gasteiger partial charge in [-0.25, -0.2) is 0 Å². The summed E-state index contributed by atoms with van der Waals surface area (Å²) in [6.45, 7) is 9.16. The van der Waals surface area contributed by atoms with Crippen LogP contribution < -0.4 is 10.2 Å². The van der Waals surface area contributed by atoms with Crippen LogP contribution in [-0.4, -0.2) is 25.2 Å². The van der Waals surface area contributed by atoms with Crippen LogP contribution in [0.15, 0.2) is 24.3 Å². The van der Waals surface area contributed by atoms with Gasteiger partial charge in [0.15, 0.2) is 0 Å². The van der Waals surface area contributed by atoms with Gasteiger partial charge in [-0.1, -0.05) is 26.0 Å². The van der Waals surface area contributed by atoms with Crippen molar-refractivity contribution in [3.8, 4) is 0 Å². The van der Waals surface area contributed by atoms with E-state index in [0.29, 0.717) is 12.1 Å². The van der Waals surface area contributed by atoms with Crippen molar-refractivity contribution < 1.29 is 0 Å². The molecule has 0 amide bonds. The van der Waals surface area contributed by atoms with Crippen molar-refractivity contribution in [2.75, 3.05) is 18.0 Å². The summed E-state index contributed by atoms with van der Waals surface area (Å²) >= 11 is 0. The molecule has 2 rings (SSSR count). The fourth-order valence-electron chi connectivity index (χ4n) is 2.90. The summed E-state index contributed by atoms with van der Waals surface area (Å²) in [5.74, 6) is 0. The van der Waals surface area contributed by atoms with Crippen molar-refractivity contribution in [3.05, 3.63) is 29.8 Å². The molecule has 2 unspecified atom stereocenters. The number of hydrogen-bond donors (Lipinski definition) is 1. The molecule has 1 fully saturated rings. The standard InChI is InChI=1S/C17H28N2/c1-4-15-7-6-8-17(13-15)19-11-9-14(3)18-16(5-2)10-12-19/h6-8,13-14,16,18H,4-5,9-12H2,1-3H3. The van der Waals surface area contributed by atoms with E-state index < -0.39 is 0 Å². The molecule has 0 spiro atoms. The second kappa shape index (κ2) is 6.95. The van der Waals surface area contributed by atoms with E-state index in [4.69, 9.17) is 0 Å². The summed E-state index contributed by atoms with van der Waals surface area (Å²) in [4.78, 5) is 2.57. The maximum atomic E-state index is 3.74. The predicted octanol–water partition coefficient (Wildman–Crippen LogP) is 3.61. The molecule has 1 aromatic carbocycles. The second-order valence-electron chi connectivity index (χ2n) is 5.76. The van der Waals surface area contributed by atoms with E-state index in [1.165, 1.54) is 37.1 Å². The first kappa shape index (κ1) is 14.4. The van der Waals surface area contributed by atoms with Gasteiger partial charge in [0.2, 0.25) is 0 Å². The van der Waals surface area contributed by atoms with Crippen LogP contribution in [0.1, 0.15) is 45.6 Å². The maximum absolute atomic E-state index is 3.74. The minimum Gasteiger partial charge on any atom is -0.371 e. The number of aryl methyl sites for hydroxylation is 1. The second-order valence-corrected chi connectivity index (χ2v) is 5.76. The SMILES string of the molecule is CCc1cccc(N2CCC(C)NC(CC)CC2)c1. The minimum atomic E-state index is 0.627. The Morgan fingerprint density at radius 2 is 2.00 bits per heavy atom. The predicted molar refractivity (Wildman–Crippen MR) is 83.9 cm³/mol. The molecule has 0 aliphatic carbocycles. The summed E-state index contributed by atoms with van der Waals surface area (Å²) in [7, 11) is 0. The highest BCUT2D eigenvalue weighted by molar-refractivity contribution is 5.48.